The third-order valence-electron chi connectivity index (χ3n) is 5.96. The highest BCUT2D eigenvalue weighted by molar-refractivity contribution is 7.14. The van der Waals surface area contributed by atoms with Crippen LogP contribution in [0.1, 0.15) is 90.1 Å². The average Bonchev–Trinajstić information content (AvgIpc) is 3.35. The van der Waals surface area contributed by atoms with Gasteiger partial charge in [-0.1, -0.05) is 56.5 Å². The van der Waals surface area contributed by atoms with Gasteiger partial charge in [0.05, 0.1) is 6.10 Å². The maximum Gasteiger partial charge on any atom is 0.349 e. The van der Waals surface area contributed by atoms with Crippen molar-refractivity contribution < 1.29 is 20.1 Å². The Balaban J connectivity index is 1.54. The van der Waals surface area contributed by atoms with Gasteiger partial charge in [0, 0.05) is 4.88 Å². The van der Waals surface area contributed by atoms with Crippen molar-refractivity contribution in [3.05, 3.63) is 57.3 Å². The SMILES string of the molecule is CCCCCC(O)c1ccc(C2=CCC[C@@H]2CCCc2cc(O)c(C(=O)O)s2)cc1. The van der Waals surface area contributed by atoms with Gasteiger partial charge in [-0.3, -0.25) is 0 Å². The number of benzene rings is 1. The van der Waals surface area contributed by atoms with Crippen LogP contribution in [0.3, 0.4) is 0 Å². The number of aryl methyl sites for hydroxylation is 1. The van der Waals surface area contributed by atoms with Crippen LogP contribution in [-0.4, -0.2) is 21.3 Å². The molecule has 162 valence electrons. The van der Waals surface area contributed by atoms with E-state index in [1.807, 2.05) is 0 Å². The van der Waals surface area contributed by atoms with Gasteiger partial charge in [0.15, 0.2) is 4.88 Å². The quantitative estimate of drug-likeness (QED) is 0.353. The maximum atomic E-state index is 11.1. The molecule has 2 aromatic rings. The zero-order chi connectivity index (χ0) is 21.5. The standard InChI is InChI=1S/C25H32O4S/c1-2-3-4-11-22(26)19-14-12-18(13-15-19)21-10-6-8-17(21)7-5-9-20-16-23(27)24(30-20)25(28)29/h10,12-17,22,26-27H,2-9,11H2,1H3,(H,28,29)/t17-,22?/m0/s1. The lowest BCUT2D eigenvalue weighted by Gasteiger charge is -2.16. The van der Waals surface area contributed by atoms with E-state index >= 15 is 0 Å². The second-order valence-corrected chi connectivity index (χ2v) is 9.33. The Morgan fingerprint density at radius 2 is 1.97 bits per heavy atom. The summed E-state index contributed by atoms with van der Waals surface area (Å²) in [5.41, 5.74) is 3.63. The number of aromatic hydroxyl groups is 1. The van der Waals surface area contributed by atoms with Crippen molar-refractivity contribution in [2.24, 2.45) is 5.92 Å². The van der Waals surface area contributed by atoms with E-state index in [0.717, 1.165) is 68.2 Å². The Morgan fingerprint density at radius 1 is 1.20 bits per heavy atom. The number of unbranched alkanes of at least 4 members (excludes halogenated alkanes) is 2. The Bertz CT molecular complexity index is 866. The lowest BCUT2D eigenvalue weighted by molar-refractivity contribution is 0.0699. The Kier molecular flexibility index (Phi) is 8.11. The van der Waals surface area contributed by atoms with Gasteiger partial charge in [-0.25, -0.2) is 4.79 Å². The topological polar surface area (TPSA) is 77.8 Å². The number of carboxylic acid groups (broad SMARTS) is 1. The summed E-state index contributed by atoms with van der Waals surface area (Å²) in [5.74, 6) is -0.678. The average molecular weight is 429 g/mol. The predicted octanol–water partition coefficient (Wildman–Crippen LogP) is 6.58. The molecular weight excluding hydrogens is 396 g/mol. The molecule has 1 unspecified atom stereocenters. The van der Waals surface area contributed by atoms with E-state index in [-0.39, 0.29) is 16.7 Å². The number of allylic oxidation sites excluding steroid dienone is 2. The molecule has 1 aliphatic rings. The van der Waals surface area contributed by atoms with E-state index in [1.165, 1.54) is 22.5 Å². The molecular formula is C25H32O4S. The molecule has 2 atom stereocenters. The second-order valence-electron chi connectivity index (χ2n) is 8.19. The largest absolute Gasteiger partial charge is 0.506 e. The van der Waals surface area contributed by atoms with Gasteiger partial charge >= 0.3 is 5.97 Å². The summed E-state index contributed by atoms with van der Waals surface area (Å²) in [6.07, 6.45) is 11.2. The Morgan fingerprint density at radius 3 is 2.63 bits per heavy atom. The summed E-state index contributed by atoms with van der Waals surface area (Å²) in [6.45, 7) is 2.17. The van der Waals surface area contributed by atoms with Crippen molar-refractivity contribution in [2.45, 2.75) is 70.8 Å². The number of aromatic carboxylic acids is 1. The molecule has 0 radical (unpaired) electrons. The first-order valence-corrected chi connectivity index (χ1v) is 11.8. The molecule has 0 aliphatic heterocycles. The lowest BCUT2D eigenvalue weighted by atomic mass is 9.89. The molecule has 3 rings (SSSR count). The Hall–Kier alpha value is -2.11. The van der Waals surface area contributed by atoms with Crippen molar-refractivity contribution in [2.75, 3.05) is 0 Å². The van der Waals surface area contributed by atoms with Crippen molar-refractivity contribution in [3.8, 4) is 5.75 Å². The number of carbonyl (C=O) groups is 1. The smallest absolute Gasteiger partial charge is 0.349 e. The van der Waals surface area contributed by atoms with Crippen LogP contribution in [0.2, 0.25) is 0 Å². The highest BCUT2D eigenvalue weighted by atomic mass is 32.1. The van der Waals surface area contributed by atoms with Crippen LogP contribution >= 0.6 is 11.3 Å². The first kappa shape index (κ1) is 22.6. The third kappa shape index (κ3) is 5.73. The Labute approximate surface area is 182 Å². The molecule has 0 saturated heterocycles. The molecule has 1 heterocycles. The first-order chi connectivity index (χ1) is 14.5. The summed E-state index contributed by atoms with van der Waals surface area (Å²) in [4.78, 5) is 12.0. The van der Waals surface area contributed by atoms with Crippen LogP contribution in [0.5, 0.6) is 5.75 Å². The minimum absolute atomic E-state index is 0.0309. The van der Waals surface area contributed by atoms with E-state index in [4.69, 9.17) is 5.11 Å². The van der Waals surface area contributed by atoms with Crippen molar-refractivity contribution in [3.63, 3.8) is 0 Å². The number of thiophene rings is 1. The molecule has 0 fully saturated rings. The van der Waals surface area contributed by atoms with E-state index in [1.54, 1.807) is 6.07 Å². The van der Waals surface area contributed by atoms with Gasteiger partial charge in [0.1, 0.15) is 5.75 Å². The first-order valence-electron chi connectivity index (χ1n) is 11.0. The zero-order valence-electron chi connectivity index (χ0n) is 17.6. The molecule has 0 amide bonds. The number of aliphatic hydroxyl groups is 1. The van der Waals surface area contributed by atoms with Crippen LogP contribution in [0.15, 0.2) is 36.4 Å². The molecule has 5 heteroatoms. The van der Waals surface area contributed by atoms with E-state index in [9.17, 15) is 15.0 Å². The lowest BCUT2D eigenvalue weighted by Crippen LogP contribution is -2.01. The molecule has 1 aromatic heterocycles. The number of hydrogen-bond acceptors (Lipinski definition) is 4. The van der Waals surface area contributed by atoms with Crippen molar-refractivity contribution in [1.29, 1.82) is 0 Å². The van der Waals surface area contributed by atoms with E-state index in [2.05, 4.69) is 37.3 Å². The molecule has 1 aliphatic carbocycles. The molecule has 3 N–H and O–H groups in total. The molecule has 0 saturated carbocycles. The van der Waals surface area contributed by atoms with Gasteiger partial charge < -0.3 is 15.3 Å². The number of carboxylic acids is 1. The zero-order valence-corrected chi connectivity index (χ0v) is 18.5. The number of rotatable bonds is 11. The van der Waals surface area contributed by atoms with Gasteiger partial charge in [0.25, 0.3) is 0 Å². The molecule has 0 bridgehead atoms. The van der Waals surface area contributed by atoms with Crippen molar-refractivity contribution >= 4 is 22.9 Å². The van der Waals surface area contributed by atoms with Gasteiger partial charge in [-0.05, 0) is 67.2 Å². The maximum absolute atomic E-state index is 11.1. The fourth-order valence-corrected chi connectivity index (χ4v) is 5.23. The minimum atomic E-state index is -1.07. The van der Waals surface area contributed by atoms with Crippen LogP contribution in [0.4, 0.5) is 0 Å². The van der Waals surface area contributed by atoms with Crippen molar-refractivity contribution in [1.82, 2.24) is 0 Å². The van der Waals surface area contributed by atoms with Gasteiger partial charge in [-0.15, -0.1) is 11.3 Å². The van der Waals surface area contributed by atoms with Gasteiger partial charge in [0.2, 0.25) is 0 Å². The predicted molar refractivity (Wildman–Crippen MR) is 122 cm³/mol. The highest BCUT2D eigenvalue weighted by Gasteiger charge is 2.21. The third-order valence-corrected chi connectivity index (χ3v) is 7.13. The number of hydrogen-bond donors (Lipinski definition) is 3. The molecule has 1 aromatic carbocycles. The normalized spacial score (nSPS) is 17.1. The number of aliphatic hydroxyl groups excluding tert-OH is 1. The molecule has 4 nitrogen and oxygen atoms in total. The minimum Gasteiger partial charge on any atom is -0.506 e. The summed E-state index contributed by atoms with van der Waals surface area (Å²) in [5, 5.41) is 29.2. The summed E-state index contributed by atoms with van der Waals surface area (Å²) in [6, 6.07) is 9.98. The van der Waals surface area contributed by atoms with E-state index in [0.29, 0.717) is 5.92 Å². The van der Waals surface area contributed by atoms with Crippen LogP contribution in [0.25, 0.3) is 5.57 Å². The van der Waals surface area contributed by atoms with Gasteiger partial charge in [-0.2, -0.15) is 0 Å². The molecule has 0 spiro atoms. The van der Waals surface area contributed by atoms with Crippen LogP contribution in [-0.2, 0) is 6.42 Å². The van der Waals surface area contributed by atoms with Crippen LogP contribution in [0, 0.1) is 5.92 Å². The fraction of sp³-hybridized carbons (Fsp3) is 0.480. The van der Waals surface area contributed by atoms with Crippen LogP contribution < -0.4 is 0 Å². The fourth-order valence-electron chi connectivity index (χ4n) is 4.30. The summed E-state index contributed by atoms with van der Waals surface area (Å²) < 4.78 is 0. The summed E-state index contributed by atoms with van der Waals surface area (Å²) >= 11 is 1.17. The molecule has 30 heavy (non-hydrogen) atoms. The summed E-state index contributed by atoms with van der Waals surface area (Å²) in [7, 11) is 0. The second kappa shape index (κ2) is 10.8. The van der Waals surface area contributed by atoms with E-state index < -0.39 is 5.97 Å². The highest BCUT2D eigenvalue weighted by Crippen LogP contribution is 2.38. The monoisotopic (exact) mass is 428 g/mol.